The van der Waals surface area contributed by atoms with Crippen molar-refractivity contribution in [1.29, 1.82) is 0 Å². The minimum absolute atomic E-state index is 0.0295. The zero-order valence-corrected chi connectivity index (χ0v) is 44.8. The number of aliphatic hydroxyl groups is 2. The van der Waals surface area contributed by atoms with Crippen molar-refractivity contribution in [2.45, 2.75) is 180 Å². The number of nitrogens with zero attached hydrogens (tertiary/aromatic N) is 2. The van der Waals surface area contributed by atoms with Gasteiger partial charge in [-0.2, -0.15) is 0 Å². The minimum Gasteiger partial charge on any atom is -0.456 e. The van der Waals surface area contributed by atoms with Crippen LogP contribution in [0.5, 0.6) is 0 Å². The van der Waals surface area contributed by atoms with Crippen molar-refractivity contribution in [3.63, 3.8) is 0 Å². The lowest BCUT2D eigenvalue weighted by Crippen LogP contribution is -2.64. The number of hydrogen-bond donors (Lipinski definition) is 3. The molecule has 3 N–H and O–H groups in total. The van der Waals surface area contributed by atoms with E-state index in [9.17, 15) is 29.4 Å². The van der Waals surface area contributed by atoms with Gasteiger partial charge in [0.05, 0.1) is 30.5 Å². The Morgan fingerprint density at radius 2 is 1.64 bits per heavy atom. The van der Waals surface area contributed by atoms with Crippen molar-refractivity contribution >= 4 is 40.0 Å². The van der Waals surface area contributed by atoms with Gasteiger partial charge in [-0.15, -0.1) is 0 Å². The fraction of sp³-hybridized carbons (Fsp3) is 0.627. The number of cyclic esters (lactones) is 1. The van der Waals surface area contributed by atoms with Crippen molar-refractivity contribution in [1.82, 2.24) is 9.47 Å². The molecule has 14 atom stereocenters. The summed E-state index contributed by atoms with van der Waals surface area (Å²) in [5.74, 6) is -7.43. The molecule has 0 spiro atoms. The third-order valence-corrected chi connectivity index (χ3v) is 16.3. The zero-order chi connectivity index (χ0) is 52.6. The summed E-state index contributed by atoms with van der Waals surface area (Å²) in [7, 11) is 3.09. The molecule has 0 radical (unpaired) electrons. The normalized spacial score (nSPS) is 34.6. The molecule has 1 saturated carbocycles. The molecular weight excluding hydrogens is 927 g/mol. The molecule has 14 heteroatoms. The number of aliphatic hydroxyl groups excluding tert-OH is 1. The van der Waals surface area contributed by atoms with Crippen LogP contribution in [0.25, 0.3) is 10.9 Å². The van der Waals surface area contributed by atoms with E-state index in [4.69, 9.17) is 23.7 Å². The summed E-state index contributed by atoms with van der Waals surface area (Å²) >= 11 is 0. The fourth-order valence-corrected chi connectivity index (χ4v) is 12.1. The molecule has 3 aromatic rings. The number of allylic oxidation sites excluding steroid dienone is 3. The summed E-state index contributed by atoms with van der Waals surface area (Å²) in [5.41, 5.74) is 5.15. The zero-order valence-electron chi connectivity index (χ0n) is 44.8. The monoisotopic (exact) mass is 1010 g/mol. The first kappa shape index (κ1) is 56.0. The van der Waals surface area contributed by atoms with Crippen LogP contribution in [-0.4, -0.2) is 125 Å². The van der Waals surface area contributed by atoms with E-state index < -0.39 is 77.8 Å². The van der Waals surface area contributed by atoms with Crippen molar-refractivity contribution < 1.29 is 53.1 Å². The number of Topliss-reactive ketones (excluding diaryl/α,β-unsaturated/α-hetero) is 2. The van der Waals surface area contributed by atoms with Gasteiger partial charge in [-0.25, -0.2) is 4.79 Å². The second-order valence-corrected chi connectivity index (χ2v) is 21.8. The molecule has 2 aromatic carbocycles. The molecule has 2 saturated heterocycles. The highest BCUT2D eigenvalue weighted by Crippen LogP contribution is 2.40. The minimum atomic E-state index is -2.51. The van der Waals surface area contributed by atoms with Crippen LogP contribution >= 0.6 is 0 Å². The van der Waals surface area contributed by atoms with Gasteiger partial charge in [0.1, 0.15) is 24.0 Å². The topological polar surface area (TPSA) is 175 Å². The Kier molecular flexibility index (Phi) is 19.4. The van der Waals surface area contributed by atoms with E-state index in [0.717, 1.165) is 47.1 Å². The predicted molar refractivity (Wildman–Crippen MR) is 282 cm³/mol. The van der Waals surface area contributed by atoms with E-state index >= 15 is 0 Å². The molecule has 4 heterocycles. The Bertz CT molecular complexity index is 2420. The van der Waals surface area contributed by atoms with Crippen molar-refractivity contribution in [2.75, 3.05) is 32.7 Å². The number of hydrogen-bond acceptors (Lipinski definition) is 12. The number of rotatable bonds is 11. The first-order valence-corrected chi connectivity index (χ1v) is 27.1. The van der Waals surface area contributed by atoms with Crippen LogP contribution in [0.3, 0.4) is 0 Å². The van der Waals surface area contributed by atoms with Gasteiger partial charge in [-0.05, 0) is 132 Å². The lowest BCUT2D eigenvalue weighted by atomic mass is 9.80. The molecule has 4 aliphatic rings. The van der Waals surface area contributed by atoms with Gasteiger partial charge in [0, 0.05) is 80.9 Å². The second kappa shape index (κ2) is 25.2. The van der Waals surface area contributed by atoms with Crippen molar-refractivity contribution in [3.8, 4) is 0 Å². The molecule has 1 aromatic heterocycles. The molecule has 1 aliphatic carbocycles. The Labute approximate surface area is 433 Å². The van der Waals surface area contributed by atoms with Crippen LogP contribution in [-0.2, 0) is 49.4 Å². The Balaban J connectivity index is 1.15. The first-order chi connectivity index (χ1) is 35.0. The molecule has 400 valence electrons. The van der Waals surface area contributed by atoms with Crippen LogP contribution in [0.4, 0.5) is 5.69 Å². The number of amides is 1. The summed E-state index contributed by atoms with van der Waals surface area (Å²) in [4.78, 5) is 58.9. The van der Waals surface area contributed by atoms with Crippen LogP contribution < -0.4 is 5.32 Å². The number of anilines is 1. The Hall–Kier alpha value is -4.70. The first-order valence-electron chi connectivity index (χ1n) is 27.1. The number of esters is 1. The van der Waals surface area contributed by atoms with Crippen molar-refractivity contribution in [3.05, 3.63) is 89.7 Å². The van der Waals surface area contributed by atoms with E-state index in [1.165, 1.54) is 10.5 Å². The Morgan fingerprint density at radius 1 is 0.904 bits per heavy atom. The third-order valence-electron chi connectivity index (χ3n) is 16.3. The van der Waals surface area contributed by atoms with Gasteiger partial charge >= 0.3 is 5.97 Å². The molecule has 3 fully saturated rings. The van der Waals surface area contributed by atoms with Gasteiger partial charge in [-0.3, -0.25) is 14.4 Å². The van der Waals surface area contributed by atoms with Gasteiger partial charge in [-0.1, -0.05) is 75.8 Å². The summed E-state index contributed by atoms with van der Waals surface area (Å²) < 4.78 is 33.3. The van der Waals surface area contributed by atoms with E-state index in [1.54, 1.807) is 28.1 Å². The van der Waals surface area contributed by atoms with Crippen molar-refractivity contribution in [2.24, 2.45) is 29.6 Å². The number of fused-ring (bicyclic) bond motifs is 4. The number of carbonyl (C=O) groups is 4. The highest BCUT2D eigenvalue weighted by Gasteiger charge is 2.56. The molecular formula is C59H83N3O11. The highest BCUT2D eigenvalue weighted by molar-refractivity contribution is 6.39. The van der Waals surface area contributed by atoms with Gasteiger partial charge in [0.15, 0.2) is 0 Å². The van der Waals surface area contributed by atoms with E-state index in [2.05, 4.69) is 77.6 Å². The quantitative estimate of drug-likeness (QED) is 0.0947. The van der Waals surface area contributed by atoms with Gasteiger partial charge in [0.25, 0.3) is 11.7 Å². The summed E-state index contributed by atoms with van der Waals surface area (Å²) in [6.45, 7) is 14.8. The average molecular weight is 1010 g/mol. The molecule has 14 nitrogen and oxygen atoms in total. The largest absolute Gasteiger partial charge is 0.456 e. The molecule has 14 unspecified atom stereocenters. The number of piperidine rings is 1. The number of nitrogens with one attached hydrogen (secondary N) is 1. The predicted octanol–water partition coefficient (Wildman–Crippen LogP) is 8.99. The lowest BCUT2D eigenvalue weighted by Gasteiger charge is -2.47. The number of ketones is 2. The summed E-state index contributed by atoms with van der Waals surface area (Å²) in [5, 5.41) is 29.1. The number of ether oxygens (including phenoxy) is 5. The van der Waals surface area contributed by atoms with Gasteiger partial charge < -0.3 is 48.7 Å². The maximum Gasteiger partial charge on any atom is 0.329 e. The SMILES string of the molecule is CCOC1CC(C=C(C)C2OC(=O)C3CCCCN3C(=O)C(=O)C3(O)OC(C(OC)CC(C)C/C(C)=C/C(CC)C(=O)CC(O)C2C)C(OC)CC3C)CCC1Nc1ccc2c(ccn2Cc2ccccc2)c1. The van der Waals surface area contributed by atoms with E-state index in [1.807, 2.05) is 39.8 Å². The molecule has 7 rings (SSSR count). The number of benzene rings is 2. The maximum atomic E-state index is 14.7. The standard InChI is InChI=1S/C59H83N3O11/c1-10-43-28-36(3)27-37(4)29-52(69-8)55-53(70-9)31-39(6)59(68,73-55)56(65)57(66)62-25-16-15-19-48(62)58(67)72-54(40(7)49(63)34-50(43)64)38(5)30-42-20-22-46(51(32-42)71-11-2)60-45-21-23-47-44(33-45)24-26-61(47)35-41-17-13-12-14-18-41/h12-14,17-18,21,23-24,26,28,30,33,37,39-40,42-43,46,48-49,51-55,60,63,68H,10-11,15-16,19-20,22,25,27,29,31-32,34-35H2,1-9H3/b36-28+,38-30?. The number of methoxy groups -OCH3 is 2. The summed E-state index contributed by atoms with van der Waals surface area (Å²) in [6.07, 6.45) is 7.36. The average Bonchev–Trinajstić information content (AvgIpc) is 3.78. The number of carbonyl (C=O) groups excluding carboxylic acids is 4. The molecule has 73 heavy (non-hydrogen) atoms. The van der Waals surface area contributed by atoms with Crippen LogP contribution in [0.15, 0.2) is 84.1 Å². The Morgan fingerprint density at radius 3 is 2.36 bits per heavy atom. The fourth-order valence-electron chi connectivity index (χ4n) is 12.1. The maximum absolute atomic E-state index is 14.7. The number of aromatic nitrogens is 1. The molecule has 1 amide bonds. The highest BCUT2D eigenvalue weighted by atomic mass is 16.7. The third kappa shape index (κ3) is 13.2. The second-order valence-electron chi connectivity index (χ2n) is 21.8. The summed E-state index contributed by atoms with van der Waals surface area (Å²) in [6, 6.07) is 18.0. The smallest absolute Gasteiger partial charge is 0.329 e. The van der Waals surface area contributed by atoms with Crippen LogP contribution in [0.1, 0.15) is 125 Å². The molecule has 3 aliphatic heterocycles. The lowest BCUT2D eigenvalue weighted by molar-refractivity contribution is -0.302. The van der Waals surface area contributed by atoms with E-state index in [0.29, 0.717) is 45.1 Å². The van der Waals surface area contributed by atoms with Crippen LogP contribution in [0.2, 0.25) is 0 Å². The van der Waals surface area contributed by atoms with Crippen LogP contribution in [0, 0.1) is 29.6 Å². The van der Waals surface area contributed by atoms with Gasteiger partial charge in [0.2, 0.25) is 5.79 Å². The molecule has 2 bridgehead atoms. The van der Waals surface area contributed by atoms with E-state index in [-0.39, 0.29) is 55.6 Å².